The van der Waals surface area contributed by atoms with Crippen molar-refractivity contribution in [3.8, 4) is 11.5 Å². The van der Waals surface area contributed by atoms with Gasteiger partial charge in [-0.3, -0.25) is 4.79 Å². The van der Waals surface area contributed by atoms with E-state index in [2.05, 4.69) is 49.6 Å². The Kier molecular flexibility index (Phi) is 7.17. The average molecular weight is 498 g/mol. The van der Waals surface area contributed by atoms with Crippen LogP contribution in [0.1, 0.15) is 56.0 Å². The van der Waals surface area contributed by atoms with Crippen LogP contribution in [0, 0.1) is 6.92 Å². The predicted octanol–water partition coefficient (Wildman–Crippen LogP) is 6.47. The second kappa shape index (κ2) is 10.7. The van der Waals surface area contributed by atoms with Crippen LogP contribution in [0.25, 0.3) is 11.0 Å². The standard InChI is InChI=1S/C31H35N3O3/c1-5-36-28-13-9-8-12-27(28)34-20-23(19-30(34)35)31-32-25-10-6-7-11-26(25)33(31)16-17-37-29-18-22(4)14-15-24(29)21(2)3/h6-15,18,21,23H,5,16-17,19-20H2,1-4H3/t23-/m1/s1. The summed E-state index contributed by atoms with van der Waals surface area (Å²) in [6, 6.07) is 22.3. The highest BCUT2D eigenvalue weighted by atomic mass is 16.5. The van der Waals surface area contributed by atoms with E-state index < -0.39 is 0 Å². The fraction of sp³-hybridized carbons (Fsp3) is 0.355. The maximum absolute atomic E-state index is 13.2. The van der Waals surface area contributed by atoms with E-state index in [4.69, 9.17) is 14.5 Å². The molecule has 1 aromatic heterocycles. The van der Waals surface area contributed by atoms with Gasteiger partial charge in [-0.25, -0.2) is 4.98 Å². The van der Waals surface area contributed by atoms with E-state index in [0.29, 0.717) is 38.6 Å². The van der Waals surface area contributed by atoms with Crippen molar-refractivity contribution in [1.82, 2.24) is 9.55 Å². The Hall–Kier alpha value is -3.80. The molecule has 0 unspecified atom stereocenters. The molecule has 1 aliphatic heterocycles. The SMILES string of the molecule is CCOc1ccccc1N1C[C@H](c2nc3ccccc3n2CCOc2cc(C)ccc2C(C)C)CC1=O. The topological polar surface area (TPSA) is 56.6 Å². The van der Waals surface area contributed by atoms with Crippen LogP contribution in [0.5, 0.6) is 11.5 Å². The Morgan fingerprint density at radius 3 is 2.59 bits per heavy atom. The molecule has 3 aromatic carbocycles. The highest BCUT2D eigenvalue weighted by molar-refractivity contribution is 5.97. The zero-order chi connectivity index (χ0) is 25.9. The molecule has 0 radical (unpaired) electrons. The van der Waals surface area contributed by atoms with Gasteiger partial charge in [-0.2, -0.15) is 0 Å². The third-order valence-electron chi connectivity index (χ3n) is 6.99. The molecule has 6 heteroatoms. The van der Waals surface area contributed by atoms with Crippen molar-refractivity contribution < 1.29 is 14.3 Å². The number of ether oxygens (including phenoxy) is 2. The first kappa shape index (κ1) is 24.9. The molecule has 1 saturated heterocycles. The van der Waals surface area contributed by atoms with Crippen molar-refractivity contribution in [1.29, 1.82) is 0 Å². The van der Waals surface area contributed by atoms with Gasteiger partial charge in [0.1, 0.15) is 23.9 Å². The number of anilines is 1. The molecular formula is C31H35N3O3. The van der Waals surface area contributed by atoms with Gasteiger partial charge in [0.2, 0.25) is 5.91 Å². The molecule has 1 fully saturated rings. The van der Waals surface area contributed by atoms with Crippen LogP contribution in [0.2, 0.25) is 0 Å². The molecule has 2 heterocycles. The van der Waals surface area contributed by atoms with Gasteiger partial charge in [-0.15, -0.1) is 0 Å². The first-order valence-corrected chi connectivity index (χ1v) is 13.2. The second-order valence-electron chi connectivity index (χ2n) is 9.96. The Labute approximate surface area is 218 Å². The maximum atomic E-state index is 13.2. The normalized spacial score (nSPS) is 15.6. The number of hydrogen-bond acceptors (Lipinski definition) is 4. The van der Waals surface area contributed by atoms with E-state index in [1.807, 2.05) is 54.3 Å². The Morgan fingerprint density at radius 1 is 1.00 bits per heavy atom. The van der Waals surface area contributed by atoms with Crippen LogP contribution >= 0.6 is 0 Å². The Bertz CT molecular complexity index is 1410. The summed E-state index contributed by atoms with van der Waals surface area (Å²) in [4.78, 5) is 20.0. The summed E-state index contributed by atoms with van der Waals surface area (Å²) in [7, 11) is 0. The van der Waals surface area contributed by atoms with Crippen molar-refractivity contribution in [2.24, 2.45) is 0 Å². The van der Waals surface area contributed by atoms with Crippen molar-refractivity contribution in [3.05, 3.63) is 83.7 Å². The summed E-state index contributed by atoms with van der Waals surface area (Å²) in [5, 5.41) is 0. The molecule has 5 rings (SSSR count). The fourth-order valence-electron chi connectivity index (χ4n) is 5.20. The molecule has 6 nitrogen and oxygen atoms in total. The van der Waals surface area contributed by atoms with Crippen LogP contribution in [0.3, 0.4) is 0 Å². The number of para-hydroxylation sites is 4. The number of imidazole rings is 1. The third kappa shape index (κ3) is 5.06. The number of aryl methyl sites for hydroxylation is 1. The van der Waals surface area contributed by atoms with E-state index in [1.54, 1.807) is 0 Å². The molecule has 1 amide bonds. The molecule has 0 N–H and O–H groups in total. The molecule has 0 aliphatic carbocycles. The monoisotopic (exact) mass is 497 g/mol. The minimum Gasteiger partial charge on any atom is -0.492 e. The third-order valence-corrected chi connectivity index (χ3v) is 6.99. The molecule has 1 atom stereocenters. The zero-order valence-corrected chi connectivity index (χ0v) is 22.1. The number of benzene rings is 3. The average Bonchev–Trinajstić information content (AvgIpc) is 3.45. The lowest BCUT2D eigenvalue weighted by Crippen LogP contribution is -2.25. The number of amides is 1. The molecule has 37 heavy (non-hydrogen) atoms. The fourth-order valence-corrected chi connectivity index (χ4v) is 5.20. The smallest absolute Gasteiger partial charge is 0.227 e. The van der Waals surface area contributed by atoms with E-state index in [0.717, 1.165) is 34.0 Å². The molecule has 0 bridgehead atoms. The van der Waals surface area contributed by atoms with Crippen LogP contribution in [0.4, 0.5) is 5.69 Å². The number of rotatable bonds is 9. The maximum Gasteiger partial charge on any atom is 0.227 e. The first-order valence-electron chi connectivity index (χ1n) is 13.2. The van der Waals surface area contributed by atoms with E-state index >= 15 is 0 Å². The van der Waals surface area contributed by atoms with Crippen molar-refractivity contribution in [3.63, 3.8) is 0 Å². The van der Waals surface area contributed by atoms with Crippen LogP contribution in [-0.4, -0.2) is 35.2 Å². The molecular weight excluding hydrogens is 462 g/mol. The molecule has 192 valence electrons. The lowest BCUT2D eigenvalue weighted by Gasteiger charge is -2.20. The number of fused-ring (bicyclic) bond motifs is 1. The summed E-state index contributed by atoms with van der Waals surface area (Å²) in [6.45, 7) is 10.7. The van der Waals surface area contributed by atoms with Gasteiger partial charge in [-0.1, -0.05) is 50.2 Å². The van der Waals surface area contributed by atoms with Crippen molar-refractivity contribution in [2.45, 2.75) is 52.5 Å². The number of hydrogen-bond donors (Lipinski definition) is 0. The van der Waals surface area contributed by atoms with Gasteiger partial charge >= 0.3 is 0 Å². The largest absolute Gasteiger partial charge is 0.492 e. The lowest BCUT2D eigenvalue weighted by atomic mass is 10.0. The van der Waals surface area contributed by atoms with Gasteiger partial charge in [-0.05, 0) is 61.2 Å². The van der Waals surface area contributed by atoms with Crippen molar-refractivity contribution in [2.75, 3.05) is 24.7 Å². The zero-order valence-electron chi connectivity index (χ0n) is 22.1. The molecule has 4 aromatic rings. The minimum atomic E-state index is -0.0141. The van der Waals surface area contributed by atoms with Gasteiger partial charge in [0, 0.05) is 18.9 Å². The van der Waals surface area contributed by atoms with Gasteiger partial charge in [0.25, 0.3) is 0 Å². The number of carbonyl (C=O) groups excluding carboxylic acids is 1. The predicted molar refractivity (Wildman–Crippen MR) is 148 cm³/mol. The van der Waals surface area contributed by atoms with Crippen LogP contribution < -0.4 is 14.4 Å². The minimum absolute atomic E-state index is 0.0141. The van der Waals surface area contributed by atoms with Gasteiger partial charge in [0.15, 0.2) is 0 Å². The van der Waals surface area contributed by atoms with Crippen LogP contribution in [0.15, 0.2) is 66.7 Å². The highest BCUT2D eigenvalue weighted by Crippen LogP contribution is 2.37. The highest BCUT2D eigenvalue weighted by Gasteiger charge is 2.36. The van der Waals surface area contributed by atoms with E-state index in [9.17, 15) is 4.79 Å². The molecule has 0 spiro atoms. The summed E-state index contributed by atoms with van der Waals surface area (Å²) in [6.07, 6.45) is 0.417. The van der Waals surface area contributed by atoms with E-state index in [-0.39, 0.29) is 11.8 Å². The number of nitrogens with zero attached hydrogens (tertiary/aromatic N) is 3. The lowest BCUT2D eigenvalue weighted by molar-refractivity contribution is -0.117. The van der Waals surface area contributed by atoms with Gasteiger partial charge in [0.05, 0.1) is 29.9 Å². The summed E-state index contributed by atoms with van der Waals surface area (Å²) >= 11 is 0. The number of aromatic nitrogens is 2. The first-order chi connectivity index (χ1) is 18.0. The molecule has 1 aliphatic rings. The Morgan fingerprint density at radius 2 is 1.78 bits per heavy atom. The van der Waals surface area contributed by atoms with Gasteiger partial charge < -0.3 is 18.9 Å². The quantitative estimate of drug-likeness (QED) is 0.266. The summed E-state index contributed by atoms with van der Waals surface area (Å²) in [5.41, 5.74) is 5.23. The number of carbonyl (C=O) groups is 1. The summed E-state index contributed by atoms with van der Waals surface area (Å²) in [5.74, 6) is 3.07. The second-order valence-corrected chi connectivity index (χ2v) is 9.96. The Balaban J connectivity index is 1.41. The summed E-state index contributed by atoms with van der Waals surface area (Å²) < 4.78 is 14.4. The molecule has 0 saturated carbocycles. The van der Waals surface area contributed by atoms with Crippen molar-refractivity contribution >= 4 is 22.6 Å². The van der Waals surface area contributed by atoms with Crippen LogP contribution in [-0.2, 0) is 11.3 Å². The van der Waals surface area contributed by atoms with E-state index in [1.165, 1.54) is 11.1 Å².